The zero-order chi connectivity index (χ0) is 12.1. The maximum Gasteiger partial charge on any atom is 0.147 e. The highest BCUT2D eigenvalue weighted by Crippen LogP contribution is 2.15. The molecule has 0 radical (unpaired) electrons. The topological polar surface area (TPSA) is 41.0 Å². The van der Waals surface area contributed by atoms with Gasteiger partial charge in [0.2, 0.25) is 0 Å². The van der Waals surface area contributed by atoms with Crippen LogP contribution in [0.3, 0.4) is 0 Å². The van der Waals surface area contributed by atoms with Crippen LogP contribution < -0.4 is 10.2 Å². The summed E-state index contributed by atoms with van der Waals surface area (Å²) in [4.78, 5) is 10.9. The molecule has 0 aromatic carbocycles. The van der Waals surface area contributed by atoms with Crippen molar-refractivity contribution < 1.29 is 0 Å². The molecule has 4 heteroatoms. The van der Waals surface area contributed by atoms with Crippen LogP contribution in [-0.2, 0) is 0 Å². The van der Waals surface area contributed by atoms with Crippen molar-refractivity contribution in [2.75, 3.05) is 18.0 Å². The molecule has 0 bridgehead atoms. The number of piperidine rings is 1. The molecule has 1 unspecified atom stereocenters. The molecule has 94 valence electrons. The Morgan fingerprint density at radius 2 is 2.29 bits per heavy atom. The Hall–Kier alpha value is -1.16. The third-order valence-corrected chi connectivity index (χ3v) is 3.30. The lowest BCUT2D eigenvalue weighted by atomic mass is 10.0. The molecular formula is C13H22N4. The van der Waals surface area contributed by atoms with E-state index in [0.29, 0.717) is 12.1 Å². The first-order chi connectivity index (χ1) is 8.27. The zero-order valence-corrected chi connectivity index (χ0v) is 10.8. The van der Waals surface area contributed by atoms with Crippen molar-refractivity contribution in [3.05, 3.63) is 18.6 Å². The monoisotopic (exact) mass is 234 g/mol. The SMILES string of the molecule is CC(C)N(CC1CCCCN1)c1cnccn1. The van der Waals surface area contributed by atoms with Gasteiger partial charge in [-0.1, -0.05) is 6.42 Å². The number of nitrogens with zero attached hydrogens (tertiary/aromatic N) is 3. The Morgan fingerprint density at radius 1 is 1.41 bits per heavy atom. The molecule has 0 amide bonds. The lowest BCUT2D eigenvalue weighted by Crippen LogP contribution is -2.46. The summed E-state index contributed by atoms with van der Waals surface area (Å²) in [6, 6.07) is 1.04. The minimum atomic E-state index is 0.454. The molecule has 1 N–H and O–H groups in total. The summed E-state index contributed by atoms with van der Waals surface area (Å²) < 4.78 is 0. The molecular weight excluding hydrogens is 212 g/mol. The maximum atomic E-state index is 4.40. The van der Waals surface area contributed by atoms with E-state index in [0.717, 1.165) is 18.9 Å². The molecule has 2 heterocycles. The Bertz CT molecular complexity index is 319. The van der Waals surface area contributed by atoms with Crippen molar-refractivity contribution >= 4 is 5.82 Å². The highest BCUT2D eigenvalue weighted by molar-refractivity contribution is 5.36. The number of rotatable bonds is 4. The lowest BCUT2D eigenvalue weighted by molar-refractivity contribution is 0.392. The number of anilines is 1. The fraction of sp³-hybridized carbons (Fsp3) is 0.692. The standard InChI is InChI=1S/C13H22N4/c1-11(2)17(13-9-14-7-8-16-13)10-12-5-3-4-6-15-12/h7-9,11-12,15H,3-6,10H2,1-2H3. The highest BCUT2D eigenvalue weighted by Gasteiger charge is 2.19. The van der Waals surface area contributed by atoms with Gasteiger partial charge in [0.15, 0.2) is 0 Å². The average Bonchev–Trinajstić information content (AvgIpc) is 2.38. The van der Waals surface area contributed by atoms with Gasteiger partial charge in [-0.05, 0) is 33.2 Å². The van der Waals surface area contributed by atoms with E-state index in [9.17, 15) is 0 Å². The summed E-state index contributed by atoms with van der Waals surface area (Å²) in [6.07, 6.45) is 9.25. The smallest absolute Gasteiger partial charge is 0.147 e. The van der Waals surface area contributed by atoms with E-state index in [-0.39, 0.29) is 0 Å². The minimum absolute atomic E-state index is 0.454. The molecule has 1 aliphatic rings. The summed E-state index contributed by atoms with van der Waals surface area (Å²) in [5.41, 5.74) is 0. The van der Waals surface area contributed by atoms with Crippen molar-refractivity contribution in [1.82, 2.24) is 15.3 Å². The number of aromatic nitrogens is 2. The van der Waals surface area contributed by atoms with Crippen LogP contribution in [0.25, 0.3) is 0 Å². The van der Waals surface area contributed by atoms with Gasteiger partial charge in [-0.15, -0.1) is 0 Å². The van der Waals surface area contributed by atoms with Crippen LogP contribution in [-0.4, -0.2) is 35.1 Å². The van der Waals surface area contributed by atoms with Gasteiger partial charge in [-0.3, -0.25) is 4.98 Å². The van der Waals surface area contributed by atoms with E-state index in [1.54, 1.807) is 12.4 Å². The van der Waals surface area contributed by atoms with Gasteiger partial charge in [0.05, 0.1) is 6.20 Å². The van der Waals surface area contributed by atoms with E-state index in [4.69, 9.17) is 0 Å². The van der Waals surface area contributed by atoms with Gasteiger partial charge in [-0.25, -0.2) is 4.98 Å². The molecule has 17 heavy (non-hydrogen) atoms. The largest absolute Gasteiger partial charge is 0.351 e. The molecule has 0 saturated carbocycles. The van der Waals surface area contributed by atoms with Crippen LogP contribution in [0.5, 0.6) is 0 Å². The van der Waals surface area contributed by atoms with E-state index in [1.165, 1.54) is 19.3 Å². The van der Waals surface area contributed by atoms with E-state index >= 15 is 0 Å². The Morgan fingerprint density at radius 3 is 2.88 bits per heavy atom. The van der Waals surface area contributed by atoms with Gasteiger partial charge in [0, 0.05) is 31.0 Å². The number of hydrogen-bond donors (Lipinski definition) is 1. The molecule has 1 saturated heterocycles. The zero-order valence-electron chi connectivity index (χ0n) is 10.8. The second kappa shape index (κ2) is 5.96. The van der Waals surface area contributed by atoms with Crippen molar-refractivity contribution in [2.24, 2.45) is 0 Å². The van der Waals surface area contributed by atoms with Crippen molar-refractivity contribution in [2.45, 2.75) is 45.2 Å². The first-order valence-corrected chi connectivity index (χ1v) is 6.53. The third-order valence-electron chi connectivity index (χ3n) is 3.30. The second-order valence-electron chi connectivity index (χ2n) is 4.96. The summed E-state index contributed by atoms with van der Waals surface area (Å²) in [6.45, 7) is 6.59. The van der Waals surface area contributed by atoms with Crippen molar-refractivity contribution in [1.29, 1.82) is 0 Å². The number of nitrogens with one attached hydrogen (secondary N) is 1. The maximum absolute atomic E-state index is 4.40. The predicted octanol–water partition coefficient (Wildman–Crippen LogP) is 1.83. The summed E-state index contributed by atoms with van der Waals surface area (Å²) in [7, 11) is 0. The van der Waals surface area contributed by atoms with Gasteiger partial charge in [0.1, 0.15) is 5.82 Å². The fourth-order valence-electron chi connectivity index (χ4n) is 2.33. The van der Waals surface area contributed by atoms with Crippen molar-refractivity contribution in [3.63, 3.8) is 0 Å². The van der Waals surface area contributed by atoms with Gasteiger partial charge in [0.25, 0.3) is 0 Å². The molecule has 1 atom stereocenters. The molecule has 1 aromatic rings. The highest BCUT2D eigenvalue weighted by atomic mass is 15.2. The normalized spacial score (nSPS) is 20.5. The van der Waals surface area contributed by atoms with Crippen LogP contribution in [0, 0.1) is 0 Å². The van der Waals surface area contributed by atoms with Crippen molar-refractivity contribution in [3.8, 4) is 0 Å². The van der Waals surface area contributed by atoms with Crippen LogP contribution in [0.2, 0.25) is 0 Å². The lowest BCUT2D eigenvalue weighted by Gasteiger charge is -2.33. The summed E-state index contributed by atoms with van der Waals surface area (Å²) in [5, 5.41) is 3.58. The van der Waals surface area contributed by atoms with Crippen LogP contribution in [0.1, 0.15) is 33.1 Å². The first kappa shape index (κ1) is 12.3. The van der Waals surface area contributed by atoms with Gasteiger partial charge >= 0.3 is 0 Å². The average molecular weight is 234 g/mol. The quantitative estimate of drug-likeness (QED) is 0.863. The first-order valence-electron chi connectivity index (χ1n) is 6.53. The fourth-order valence-corrected chi connectivity index (χ4v) is 2.33. The van der Waals surface area contributed by atoms with Gasteiger partial charge < -0.3 is 10.2 Å². The molecule has 1 aliphatic heterocycles. The summed E-state index contributed by atoms with van der Waals surface area (Å²) >= 11 is 0. The second-order valence-corrected chi connectivity index (χ2v) is 4.96. The predicted molar refractivity (Wildman–Crippen MR) is 70.2 cm³/mol. The van der Waals surface area contributed by atoms with E-state index < -0.39 is 0 Å². The van der Waals surface area contributed by atoms with Crippen LogP contribution >= 0.6 is 0 Å². The Kier molecular flexibility index (Phi) is 4.31. The molecule has 1 aromatic heterocycles. The van der Waals surface area contributed by atoms with Gasteiger partial charge in [-0.2, -0.15) is 0 Å². The Balaban J connectivity index is 2.02. The summed E-state index contributed by atoms with van der Waals surface area (Å²) in [5.74, 6) is 0.981. The van der Waals surface area contributed by atoms with Crippen LogP contribution in [0.15, 0.2) is 18.6 Å². The number of hydrogen-bond acceptors (Lipinski definition) is 4. The molecule has 2 rings (SSSR count). The molecule has 4 nitrogen and oxygen atoms in total. The minimum Gasteiger partial charge on any atom is -0.351 e. The van der Waals surface area contributed by atoms with E-state index in [1.807, 2.05) is 6.20 Å². The third kappa shape index (κ3) is 3.40. The Labute approximate surface area is 103 Å². The molecule has 0 aliphatic carbocycles. The molecule has 0 spiro atoms. The van der Waals surface area contributed by atoms with Crippen LogP contribution in [0.4, 0.5) is 5.82 Å². The van der Waals surface area contributed by atoms with E-state index in [2.05, 4.69) is 34.0 Å². The molecule has 1 fully saturated rings.